The van der Waals surface area contributed by atoms with Crippen LogP contribution in [-0.2, 0) is 22.2 Å². The van der Waals surface area contributed by atoms with Gasteiger partial charge >= 0.3 is 0 Å². The van der Waals surface area contributed by atoms with Crippen LogP contribution >= 0.6 is 0 Å². The van der Waals surface area contributed by atoms with Crippen molar-refractivity contribution in [3.63, 3.8) is 0 Å². The fourth-order valence-corrected chi connectivity index (χ4v) is 4.01. The van der Waals surface area contributed by atoms with Crippen molar-refractivity contribution in [1.82, 2.24) is 0 Å². The first-order valence-corrected chi connectivity index (χ1v) is 9.73. The highest BCUT2D eigenvalue weighted by molar-refractivity contribution is 7.90. The minimum atomic E-state index is -3.37. The highest BCUT2D eigenvalue weighted by Crippen LogP contribution is 2.22. The Hall–Kier alpha value is -2.59. The van der Waals surface area contributed by atoms with Gasteiger partial charge in [0.05, 0.1) is 10.6 Å². The van der Waals surface area contributed by atoms with Crippen molar-refractivity contribution in [3.05, 3.63) is 95.6 Å². The van der Waals surface area contributed by atoms with Crippen molar-refractivity contribution >= 4 is 9.84 Å². The maximum atomic E-state index is 12.6. The van der Waals surface area contributed by atoms with Crippen LogP contribution in [0, 0.1) is 6.92 Å². The lowest BCUT2D eigenvalue weighted by molar-refractivity contribution is 0.306. The molecule has 0 fully saturated rings. The van der Waals surface area contributed by atoms with Crippen LogP contribution in [0.25, 0.3) is 0 Å². The zero-order valence-corrected chi connectivity index (χ0v) is 14.9. The van der Waals surface area contributed by atoms with Crippen molar-refractivity contribution < 1.29 is 13.2 Å². The minimum absolute atomic E-state index is 0.0413. The van der Waals surface area contributed by atoms with Crippen molar-refractivity contribution in [2.75, 3.05) is 0 Å². The fourth-order valence-electron chi connectivity index (χ4n) is 2.66. The van der Waals surface area contributed by atoms with E-state index in [1.807, 2.05) is 49.4 Å². The first kappa shape index (κ1) is 17.2. The normalized spacial score (nSPS) is 11.2. The summed E-state index contributed by atoms with van der Waals surface area (Å²) in [5.41, 5.74) is 2.78. The number of sulfone groups is 1. The molecule has 0 saturated carbocycles. The van der Waals surface area contributed by atoms with Crippen LogP contribution in [0.3, 0.4) is 0 Å². The first-order valence-electron chi connectivity index (χ1n) is 8.08. The molecule has 0 unspecified atom stereocenters. The summed E-state index contributed by atoms with van der Waals surface area (Å²) in [7, 11) is -3.37. The predicted octanol–water partition coefficient (Wildman–Crippen LogP) is 4.55. The van der Waals surface area contributed by atoms with Crippen molar-refractivity contribution in [2.45, 2.75) is 24.2 Å². The summed E-state index contributed by atoms with van der Waals surface area (Å²) < 4.78 is 31.0. The molecule has 3 aromatic rings. The van der Waals surface area contributed by atoms with E-state index in [9.17, 15) is 8.42 Å². The van der Waals surface area contributed by atoms with E-state index in [1.54, 1.807) is 36.4 Å². The summed E-state index contributed by atoms with van der Waals surface area (Å²) in [6.45, 7) is 2.39. The molecule has 25 heavy (non-hydrogen) atoms. The summed E-state index contributed by atoms with van der Waals surface area (Å²) in [4.78, 5) is 0.336. The Balaban J connectivity index is 1.77. The summed E-state index contributed by atoms with van der Waals surface area (Å²) in [5, 5.41) is 0. The number of hydrogen-bond donors (Lipinski definition) is 0. The van der Waals surface area contributed by atoms with Gasteiger partial charge in [-0.15, -0.1) is 0 Å². The van der Waals surface area contributed by atoms with E-state index in [2.05, 4.69) is 0 Å². The Morgan fingerprint density at radius 1 is 0.800 bits per heavy atom. The molecule has 0 aliphatic rings. The third-order valence-electron chi connectivity index (χ3n) is 3.82. The molecule has 0 N–H and O–H groups in total. The lowest BCUT2D eigenvalue weighted by Crippen LogP contribution is -2.05. The molecule has 0 aliphatic heterocycles. The number of hydrogen-bond acceptors (Lipinski definition) is 3. The molecule has 0 amide bonds. The van der Waals surface area contributed by atoms with Crippen LogP contribution in [0.1, 0.15) is 16.7 Å². The zero-order valence-electron chi connectivity index (χ0n) is 14.1. The van der Waals surface area contributed by atoms with Gasteiger partial charge in [-0.1, -0.05) is 54.6 Å². The van der Waals surface area contributed by atoms with E-state index in [0.717, 1.165) is 16.7 Å². The first-order chi connectivity index (χ1) is 12.0. The largest absolute Gasteiger partial charge is 0.489 e. The highest BCUT2D eigenvalue weighted by atomic mass is 32.2. The Morgan fingerprint density at radius 3 is 2.12 bits per heavy atom. The number of benzene rings is 3. The SMILES string of the molecule is Cc1cc(CS(=O)(=O)c2ccccc2)cc(OCc2ccccc2)c1. The Bertz CT molecular complexity index is 933. The van der Waals surface area contributed by atoms with Gasteiger partial charge in [0.15, 0.2) is 9.84 Å². The minimum Gasteiger partial charge on any atom is -0.489 e. The molecule has 0 atom stereocenters. The molecular weight excluding hydrogens is 332 g/mol. The van der Waals surface area contributed by atoms with E-state index < -0.39 is 9.84 Å². The molecule has 3 aromatic carbocycles. The quantitative estimate of drug-likeness (QED) is 0.654. The van der Waals surface area contributed by atoms with Crippen LogP contribution in [0.2, 0.25) is 0 Å². The second kappa shape index (κ2) is 7.53. The summed E-state index contributed by atoms with van der Waals surface area (Å²) >= 11 is 0. The highest BCUT2D eigenvalue weighted by Gasteiger charge is 2.15. The van der Waals surface area contributed by atoms with Gasteiger partial charge in [0.25, 0.3) is 0 Å². The zero-order chi connectivity index (χ0) is 17.7. The predicted molar refractivity (Wildman–Crippen MR) is 99.3 cm³/mol. The molecule has 0 saturated heterocycles. The van der Waals surface area contributed by atoms with Crippen LogP contribution < -0.4 is 4.74 Å². The second-order valence-electron chi connectivity index (χ2n) is 6.00. The fraction of sp³-hybridized carbons (Fsp3) is 0.143. The monoisotopic (exact) mass is 352 g/mol. The van der Waals surface area contributed by atoms with Gasteiger partial charge in [0, 0.05) is 0 Å². The molecule has 0 spiro atoms. The third-order valence-corrected chi connectivity index (χ3v) is 5.52. The van der Waals surface area contributed by atoms with Crippen LogP contribution in [0.5, 0.6) is 5.75 Å². The van der Waals surface area contributed by atoms with Crippen LogP contribution in [0.15, 0.2) is 83.8 Å². The van der Waals surface area contributed by atoms with Crippen molar-refractivity contribution in [3.8, 4) is 5.75 Å². The van der Waals surface area contributed by atoms with Gasteiger partial charge in [0.2, 0.25) is 0 Å². The van der Waals surface area contributed by atoms with Gasteiger partial charge < -0.3 is 4.74 Å². The van der Waals surface area contributed by atoms with Gasteiger partial charge in [-0.3, -0.25) is 0 Å². The number of ether oxygens (including phenoxy) is 1. The average molecular weight is 352 g/mol. The molecular formula is C21H20O3S. The topological polar surface area (TPSA) is 43.4 Å². The molecule has 0 aliphatic carbocycles. The number of aryl methyl sites for hydroxylation is 1. The summed E-state index contributed by atoms with van der Waals surface area (Å²) in [6, 6.07) is 24.0. The third kappa shape index (κ3) is 4.70. The molecule has 0 heterocycles. The Morgan fingerprint density at radius 2 is 1.44 bits per heavy atom. The maximum absolute atomic E-state index is 12.6. The molecule has 0 radical (unpaired) electrons. The molecule has 0 aromatic heterocycles. The smallest absolute Gasteiger partial charge is 0.182 e. The average Bonchev–Trinajstić information content (AvgIpc) is 2.61. The molecule has 0 bridgehead atoms. The standard InChI is InChI=1S/C21H20O3S/c1-17-12-19(16-25(22,23)21-10-6-3-7-11-21)14-20(13-17)24-15-18-8-4-2-5-9-18/h2-14H,15-16H2,1H3. The van der Waals surface area contributed by atoms with E-state index in [0.29, 0.717) is 17.3 Å². The maximum Gasteiger partial charge on any atom is 0.182 e. The van der Waals surface area contributed by atoms with Gasteiger partial charge in [0.1, 0.15) is 12.4 Å². The van der Waals surface area contributed by atoms with E-state index in [-0.39, 0.29) is 5.75 Å². The van der Waals surface area contributed by atoms with E-state index >= 15 is 0 Å². The lowest BCUT2D eigenvalue weighted by Gasteiger charge is -2.11. The van der Waals surface area contributed by atoms with Gasteiger partial charge in [-0.05, 0) is 47.9 Å². The molecule has 4 heteroatoms. The Kier molecular flexibility index (Phi) is 5.19. The molecule has 3 nitrogen and oxygen atoms in total. The summed E-state index contributed by atoms with van der Waals surface area (Å²) in [6.07, 6.45) is 0. The second-order valence-corrected chi connectivity index (χ2v) is 7.99. The Labute approximate surface area is 148 Å². The van der Waals surface area contributed by atoms with Gasteiger partial charge in [-0.2, -0.15) is 0 Å². The van der Waals surface area contributed by atoms with Gasteiger partial charge in [-0.25, -0.2) is 8.42 Å². The van der Waals surface area contributed by atoms with Crippen molar-refractivity contribution in [2.24, 2.45) is 0 Å². The van der Waals surface area contributed by atoms with E-state index in [1.165, 1.54) is 0 Å². The summed E-state index contributed by atoms with van der Waals surface area (Å²) in [5.74, 6) is 0.641. The van der Waals surface area contributed by atoms with Crippen LogP contribution in [0.4, 0.5) is 0 Å². The van der Waals surface area contributed by atoms with Crippen LogP contribution in [-0.4, -0.2) is 8.42 Å². The molecule has 128 valence electrons. The van der Waals surface area contributed by atoms with E-state index in [4.69, 9.17) is 4.74 Å². The number of rotatable bonds is 6. The molecule has 3 rings (SSSR count). The van der Waals surface area contributed by atoms with Crippen molar-refractivity contribution in [1.29, 1.82) is 0 Å². The lowest BCUT2D eigenvalue weighted by atomic mass is 10.1.